The predicted molar refractivity (Wildman–Crippen MR) is 53.4 cm³/mol. The van der Waals surface area contributed by atoms with E-state index < -0.39 is 24.5 Å². The zero-order valence-corrected chi connectivity index (χ0v) is 9.28. The van der Waals surface area contributed by atoms with Crippen LogP contribution in [0.3, 0.4) is 0 Å². The lowest BCUT2D eigenvalue weighted by molar-refractivity contribution is -0.159. The molecule has 16 heavy (non-hydrogen) atoms. The summed E-state index contributed by atoms with van der Waals surface area (Å²) in [5.41, 5.74) is 0.270. The maximum Gasteiger partial charge on any atom is 0.344 e. The molecule has 0 saturated carbocycles. The Morgan fingerprint density at radius 1 is 1.00 bits per heavy atom. The molecule has 0 bridgehead atoms. The smallest absolute Gasteiger partial charge is 0.344 e. The van der Waals surface area contributed by atoms with Crippen LogP contribution in [0.5, 0.6) is 0 Å². The van der Waals surface area contributed by atoms with Crippen LogP contribution in [0.15, 0.2) is 12.2 Å². The molecule has 0 spiro atoms. The average molecular weight is 230 g/mol. The van der Waals surface area contributed by atoms with E-state index in [2.05, 4.69) is 20.8 Å². The Labute approximate surface area is 93.2 Å². The first kappa shape index (κ1) is 14.2. The van der Waals surface area contributed by atoms with E-state index in [9.17, 15) is 14.4 Å². The molecule has 0 amide bonds. The summed E-state index contributed by atoms with van der Waals surface area (Å²) in [6, 6.07) is 0. The van der Waals surface area contributed by atoms with Gasteiger partial charge in [0.25, 0.3) is 0 Å². The van der Waals surface area contributed by atoms with Crippen molar-refractivity contribution in [2.45, 2.75) is 13.8 Å². The average Bonchev–Trinajstić information content (AvgIpc) is 2.20. The molecule has 0 heterocycles. The highest BCUT2D eigenvalue weighted by molar-refractivity contribution is 5.86. The fraction of sp³-hybridized carbons (Fsp3) is 0.500. The first-order chi connectivity index (χ1) is 7.43. The SMILES string of the molecule is C=C(C)C(=O)OCCOC(=O)COC(C)=O. The van der Waals surface area contributed by atoms with Gasteiger partial charge in [-0.25, -0.2) is 9.59 Å². The summed E-state index contributed by atoms with van der Waals surface area (Å²) in [5.74, 6) is -1.80. The number of rotatable bonds is 6. The molecular weight excluding hydrogens is 216 g/mol. The lowest BCUT2D eigenvalue weighted by atomic mass is 10.4. The van der Waals surface area contributed by atoms with E-state index >= 15 is 0 Å². The minimum absolute atomic E-state index is 0.0580. The van der Waals surface area contributed by atoms with Gasteiger partial charge in [0.05, 0.1) is 0 Å². The summed E-state index contributed by atoms with van der Waals surface area (Å²) in [4.78, 5) is 32.1. The molecule has 0 aliphatic carbocycles. The maximum atomic E-state index is 10.9. The van der Waals surface area contributed by atoms with Crippen LogP contribution in [0.1, 0.15) is 13.8 Å². The van der Waals surface area contributed by atoms with Gasteiger partial charge in [-0.2, -0.15) is 0 Å². The molecule has 0 aromatic carbocycles. The number of esters is 3. The molecule has 0 saturated heterocycles. The first-order valence-corrected chi connectivity index (χ1v) is 4.55. The summed E-state index contributed by atoms with van der Waals surface area (Å²) in [6.45, 7) is 5.49. The molecule has 0 fully saturated rings. The predicted octanol–water partition coefficient (Wildman–Crippen LogP) is 0.212. The Balaban J connectivity index is 3.52. The van der Waals surface area contributed by atoms with Crippen molar-refractivity contribution in [3.05, 3.63) is 12.2 Å². The van der Waals surface area contributed by atoms with Crippen molar-refractivity contribution in [2.24, 2.45) is 0 Å². The molecule has 0 aromatic heterocycles. The molecule has 0 unspecified atom stereocenters. The van der Waals surface area contributed by atoms with Crippen molar-refractivity contribution in [1.82, 2.24) is 0 Å². The van der Waals surface area contributed by atoms with Crippen LogP contribution in [0.2, 0.25) is 0 Å². The number of hydrogen-bond acceptors (Lipinski definition) is 6. The molecule has 6 nitrogen and oxygen atoms in total. The largest absolute Gasteiger partial charge is 0.460 e. The third-order valence-corrected chi connectivity index (χ3v) is 1.32. The summed E-state index contributed by atoms with van der Waals surface area (Å²) in [6.07, 6.45) is 0. The van der Waals surface area contributed by atoms with Gasteiger partial charge in [0.1, 0.15) is 13.2 Å². The zero-order valence-electron chi connectivity index (χ0n) is 9.28. The normalized spacial score (nSPS) is 9.12. The Hall–Kier alpha value is -1.85. The Morgan fingerprint density at radius 2 is 1.56 bits per heavy atom. The van der Waals surface area contributed by atoms with E-state index in [0.29, 0.717) is 0 Å². The first-order valence-electron chi connectivity index (χ1n) is 4.55. The molecule has 0 aliphatic heterocycles. The molecular formula is C10H14O6. The van der Waals surface area contributed by atoms with Gasteiger partial charge in [0, 0.05) is 12.5 Å². The molecule has 0 radical (unpaired) electrons. The van der Waals surface area contributed by atoms with Gasteiger partial charge in [-0.3, -0.25) is 4.79 Å². The third kappa shape index (κ3) is 7.54. The fourth-order valence-corrected chi connectivity index (χ4v) is 0.615. The van der Waals surface area contributed by atoms with Crippen molar-refractivity contribution in [3.63, 3.8) is 0 Å². The molecule has 0 aliphatic rings. The molecule has 90 valence electrons. The van der Waals surface area contributed by atoms with Crippen LogP contribution in [-0.2, 0) is 28.6 Å². The van der Waals surface area contributed by atoms with Gasteiger partial charge in [-0.05, 0) is 6.92 Å². The van der Waals surface area contributed by atoms with Crippen molar-refractivity contribution >= 4 is 17.9 Å². The van der Waals surface area contributed by atoms with E-state index in [4.69, 9.17) is 0 Å². The van der Waals surface area contributed by atoms with Gasteiger partial charge in [-0.1, -0.05) is 6.58 Å². The number of ether oxygens (including phenoxy) is 3. The van der Waals surface area contributed by atoms with Crippen molar-refractivity contribution in [3.8, 4) is 0 Å². The lowest BCUT2D eigenvalue weighted by Crippen LogP contribution is -2.18. The van der Waals surface area contributed by atoms with Crippen molar-refractivity contribution in [2.75, 3.05) is 19.8 Å². The van der Waals surface area contributed by atoms with Crippen LogP contribution in [0.4, 0.5) is 0 Å². The lowest BCUT2D eigenvalue weighted by Gasteiger charge is -2.05. The molecule has 0 aromatic rings. The Morgan fingerprint density at radius 3 is 2.06 bits per heavy atom. The number of carbonyl (C=O) groups is 3. The van der Waals surface area contributed by atoms with E-state index in [1.165, 1.54) is 13.8 Å². The minimum atomic E-state index is -0.693. The number of hydrogen-bond donors (Lipinski definition) is 0. The van der Waals surface area contributed by atoms with E-state index in [1.807, 2.05) is 0 Å². The zero-order chi connectivity index (χ0) is 12.6. The van der Waals surface area contributed by atoms with E-state index in [1.54, 1.807) is 0 Å². The second-order valence-electron chi connectivity index (χ2n) is 2.92. The van der Waals surface area contributed by atoms with Gasteiger partial charge in [0.2, 0.25) is 0 Å². The van der Waals surface area contributed by atoms with Gasteiger partial charge < -0.3 is 14.2 Å². The monoisotopic (exact) mass is 230 g/mol. The minimum Gasteiger partial charge on any atom is -0.460 e. The highest BCUT2D eigenvalue weighted by Gasteiger charge is 2.06. The second kappa shape index (κ2) is 7.44. The summed E-state index contributed by atoms with van der Waals surface area (Å²) in [5, 5.41) is 0. The highest BCUT2D eigenvalue weighted by atomic mass is 16.6. The number of carbonyl (C=O) groups excluding carboxylic acids is 3. The van der Waals surface area contributed by atoms with Crippen LogP contribution in [-0.4, -0.2) is 37.7 Å². The van der Waals surface area contributed by atoms with Gasteiger partial charge in [0.15, 0.2) is 6.61 Å². The maximum absolute atomic E-state index is 10.9. The van der Waals surface area contributed by atoms with Crippen molar-refractivity contribution in [1.29, 1.82) is 0 Å². The van der Waals surface area contributed by atoms with Gasteiger partial charge >= 0.3 is 17.9 Å². The summed E-state index contributed by atoms with van der Waals surface area (Å²) < 4.78 is 13.6. The topological polar surface area (TPSA) is 78.9 Å². The highest BCUT2D eigenvalue weighted by Crippen LogP contribution is 1.92. The van der Waals surface area contributed by atoms with E-state index in [-0.39, 0.29) is 18.8 Å². The summed E-state index contributed by atoms with van der Waals surface area (Å²) >= 11 is 0. The van der Waals surface area contributed by atoms with Crippen LogP contribution in [0, 0.1) is 0 Å². The Kier molecular flexibility index (Phi) is 6.58. The van der Waals surface area contributed by atoms with Crippen LogP contribution >= 0.6 is 0 Å². The Bertz CT molecular complexity index is 294. The molecule has 0 N–H and O–H groups in total. The third-order valence-electron chi connectivity index (χ3n) is 1.32. The molecule has 0 atom stereocenters. The van der Waals surface area contributed by atoms with Gasteiger partial charge in [-0.15, -0.1) is 0 Å². The summed E-state index contributed by atoms with van der Waals surface area (Å²) in [7, 11) is 0. The fourth-order valence-electron chi connectivity index (χ4n) is 0.615. The molecule has 6 heteroatoms. The molecule has 0 rings (SSSR count). The van der Waals surface area contributed by atoms with Crippen LogP contribution < -0.4 is 0 Å². The van der Waals surface area contributed by atoms with E-state index in [0.717, 1.165) is 0 Å². The quantitative estimate of drug-likeness (QED) is 0.281. The second-order valence-corrected chi connectivity index (χ2v) is 2.92. The van der Waals surface area contributed by atoms with Crippen molar-refractivity contribution < 1.29 is 28.6 Å². The standard InChI is InChI=1S/C10H14O6/c1-7(2)10(13)15-5-4-14-9(12)6-16-8(3)11/h1,4-6H2,2-3H3. The van der Waals surface area contributed by atoms with Crippen LogP contribution in [0.25, 0.3) is 0 Å².